The van der Waals surface area contributed by atoms with Crippen molar-refractivity contribution in [3.63, 3.8) is 0 Å². The number of carboxylic acid groups (broad SMARTS) is 1. The van der Waals surface area contributed by atoms with Crippen molar-refractivity contribution in [1.82, 2.24) is 0 Å². The molecule has 9 nitrogen and oxygen atoms in total. The molecule has 9 heteroatoms. The zero-order valence-electron chi connectivity index (χ0n) is 55.1. The van der Waals surface area contributed by atoms with Gasteiger partial charge in [0.2, 0.25) is 0 Å². The van der Waals surface area contributed by atoms with Crippen molar-refractivity contribution in [3.8, 4) is 0 Å². The molecule has 0 N–H and O–H groups in total. The minimum Gasteiger partial charge on any atom is -0.545 e. The van der Waals surface area contributed by atoms with E-state index < -0.39 is 24.3 Å². The summed E-state index contributed by atoms with van der Waals surface area (Å²) in [5, 5.41) is 11.8. The molecular formula is C74H133NO8. The smallest absolute Gasteiger partial charge is 0.306 e. The molecule has 0 saturated carbocycles. The molecule has 83 heavy (non-hydrogen) atoms. The number of esters is 2. The molecule has 0 spiro atoms. The molecular weight excluding hydrogens is 1030 g/mol. The SMILES string of the molecule is CC/C=C\C/C=C\C/C=C\C/C=C\C/C=C\CCCCCC(=O)OC(COC(=O)CCCCCCCCCCCCCCCCCCCCCCCCCCCCC/C=C\CCCCCCCCCC)COC(OCC[N+](C)(C)C)C(=O)[O-]. The van der Waals surface area contributed by atoms with Gasteiger partial charge in [0.15, 0.2) is 12.4 Å². The Balaban J connectivity index is 3.98. The van der Waals surface area contributed by atoms with Crippen LogP contribution in [0.4, 0.5) is 0 Å². The fourth-order valence-corrected chi connectivity index (χ4v) is 10.1. The van der Waals surface area contributed by atoms with Crippen LogP contribution in [0.1, 0.15) is 322 Å². The number of nitrogens with zero attached hydrogens (tertiary/aromatic N) is 1. The lowest BCUT2D eigenvalue weighted by Gasteiger charge is -2.26. The summed E-state index contributed by atoms with van der Waals surface area (Å²) in [7, 11) is 5.92. The van der Waals surface area contributed by atoms with Crippen LogP contribution in [-0.4, -0.2) is 82.3 Å². The lowest BCUT2D eigenvalue weighted by atomic mass is 10.0. The fourth-order valence-electron chi connectivity index (χ4n) is 10.1. The number of hydrogen-bond acceptors (Lipinski definition) is 8. The number of likely N-dealkylation sites (N-methyl/N-ethyl adjacent to an activating group) is 1. The van der Waals surface area contributed by atoms with E-state index in [2.05, 4.69) is 86.8 Å². The first-order chi connectivity index (χ1) is 40.6. The first-order valence-electron chi connectivity index (χ1n) is 35.1. The Hall–Kier alpha value is -3.27. The van der Waals surface area contributed by atoms with E-state index >= 15 is 0 Å². The summed E-state index contributed by atoms with van der Waals surface area (Å²) in [6.45, 7) is 4.62. The van der Waals surface area contributed by atoms with Gasteiger partial charge in [-0.25, -0.2) is 0 Å². The van der Waals surface area contributed by atoms with Gasteiger partial charge in [0, 0.05) is 12.8 Å². The van der Waals surface area contributed by atoms with E-state index in [-0.39, 0.29) is 38.6 Å². The number of quaternary nitrogens is 1. The van der Waals surface area contributed by atoms with E-state index in [1.807, 2.05) is 21.1 Å². The quantitative estimate of drug-likeness (QED) is 0.0195. The highest BCUT2D eigenvalue weighted by atomic mass is 16.7. The third-order valence-electron chi connectivity index (χ3n) is 15.4. The number of carbonyl (C=O) groups is 3. The molecule has 0 aliphatic heterocycles. The van der Waals surface area contributed by atoms with Gasteiger partial charge in [-0.3, -0.25) is 9.59 Å². The Labute approximate surface area is 513 Å². The lowest BCUT2D eigenvalue weighted by Crippen LogP contribution is -2.44. The molecule has 0 rings (SSSR count). The van der Waals surface area contributed by atoms with Crippen LogP contribution in [0.5, 0.6) is 0 Å². The zero-order chi connectivity index (χ0) is 60.5. The number of hydrogen-bond donors (Lipinski definition) is 0. The fraction of sp³-hybridized carbons (Fsp3) is 0.797. The van der Waals surface area contributed by atoms with Gasteiger partial charge in [0.1, 0.15) is 13.2 Å². The predicted molar refractivity (Wildman–Crippen MR) is 352 cm³/mol. The van der Waals surface area contributed by atoms with Gasteiger partial charge in [0.05, 0.1) is 40.3 Å². The number of ether oxygens (including phenoxy) is 4. The van der Waals surface area contributed by atoms with Crippen LogP contribution < -0.4 is 5.11 Å². The summed E-state index contributed by atoms with van der Waals surface area (Å²) < 4.78 is 22.7. The second kappa shape index (κ2) is 64.7. The highest BCUT2D eigenvalue weighted by Crippen LogP contribution is 2.18. The molecule has 0 saturated heterocycles. The summed E-state index contributed by atoms with van der Waals surface area (Å²) in [6.07, 6.45) is 83.0. The molecule has 0 aromatic rings. The van der Waals surface area contributed by atoms with Crippen LogP contribution >= 0.6 is 0 Å². The lowest BCUT2D eigenvalue weighted by molar-refractivity contribution is -0.870. The van der Waals surface area contributed by atoms with Crippen molar-refractivity contribution in [2.75, 3.05) is 47.5 Å². The Bertz CT molecular complexity index is 1590. The zero-order valence-corrected chi connectivity index (χ0v) is 55.1. The van der Waals surface area contributed by atoms with Crippen LogP contribution in [0, 0.1) is 0 Å². The van der Waals surface area contributed by atoms with Gasteiger partial charge in [0.25, 0.3) is 0 Å². The molecule has 0 bridgehead atoms. The number of carbonyl (C=O) groups excluding carboxylic acids is 3. The highest BCUT2D eigenvalue weighted by Gasteiger charge is 2.22. The monoisotopic (exact) mass is 1160 g/mol. The summed E-state index contributed by atoms with van der Waals surface area (Å²) in [6, 6.07) is 0. The van der Waals surface area contributed by atoms with Crippen LogP contribution in [0.15, 0.2) is 72.9 Å². The average molecular weight is 1160 g/mol. The van der Waals surface area contributed by atoms with Crippen LogP contribution in [0.3, 0.4) is 0 Å². The van der Waals surface area contributed by atoms with Gasteiger partial charge in [-0.1, -0.05) is 299 Å². The summed E-state index contributed by atoms with van der Waals surface area (Å²) in [5.74, 6) is -2.32. The predicted octanol–water partition coefficient (Wildman–Crippen LogP) is 20.4. The second-order valence-electron chi connectivity index (χ2n) is 24.8. The van der Waals surface area contributed by atoms with E-state index in [9.17, 15) is 19.5 Å². The van der Waals surface area contributed by atoms with E-state index in [1.54, 1.807) is 0 Å². The summed E-state index contributed by atoms with van der Waals surface area (Å²) in [5.41, 5.74) is 0. The Morgan fingerprint density at radius 1 is 0.373 bits per heavy atom. The average Bonchev–Trinajstić information content (AvgIpc) is 3.46. The van der Waals surface area contributed by atoms with Crippen LogP contribution in [-0.2, 0) is 33.3 Å². The number of carboxylic acids is 1. The number of aliphatic carboxylic acids is 1. The number of allylic oxidation sites excluding steroid dienone is 12. The number of unbranched alkanes of at least 4 members (excludes halogenated alkanes) is 38. The first-order valence-corrected chi connectivity index (χ1v) is 35.1. The molecule has 0 fully saturated rings. The minimum absolute atomic E-state index is 0.139. The molecule has 0 heterocycles. The van der Waals surface area contributed by atoms with Gasteiger partial charge < -0.3 is 33.3 Å². The maximum absolute atomic E-state index is 12.9. The molecule has 0 aliphatic rings. The second-order valence-corrected chi connectivity index (χ2v) is 24.8. The molecule has 2 atom stereocenters. The van der Waals surface area contributed by atoms with E-state index in [0.29, 0.717) is 17.4 Å². The molecule has 0 aliphatic carbocycles. The van der Waals surface area contributed by atoms with Crippen molar-refractivity contribution < 1.29 is 42.9 Å². The van der Waals surface area contributed by atoms with Gasteiger partial charge in [-0.2, -0.15) is 0 Å². The van der Waals surface area contributed by atoms with Crippen LogP contribution in [0.2, 0.25) is 0 Å². The topological polar surface area (TPSA) is 111 Å². The summed E-state index contributed by atoms with van der Waals surface area (Å²) >= 11 is 0. The first kappa shape index (κ1) is 79.7. The van der Waals surface area contributed by atoms with Crippen molar-refractivity contribution in [2.24, 2.45) is 0 Å². The molecule has 0 amide bonds. The highest BCUT2D eigenvalue weighted by molar-refractivity contribution is 5.70. The maximum atomic E-state index is 12.9. The van der Waals surface area contributed by atoms with Crippen LogP contribution in [0.25, 0.3) is 0 Å². The van der Waals surface area contributed by atoms with E-state index in [0.717, 1.165) is 70.6 Å². The van der Waals surface area contributed by atoms with Crippen molar-refractivity contribution in [1.29, 1.82) is 0 Å². The van der Waals surface area contributed by atoms with Gasteiger partial charge in [-0.05, 0) is 83.5 Å². The van der Waals surface area contributed by atoms with Gasteiger partial charge >= 0.3 is 11.9 Å². The van der Waals surface area contributed by atoms with Crippen molar-refractivity contribution >= 4 is 17.9 Å². The third kappa shape index (κ3) is 66.1. The van der Waals surface area contributed by atoms with E-state index in [1.165, 1.54) is 218 Å². The standard InChI is InChI=1S/C74H133NO8/c1-6-8-10-12-14-16-18-20-22-24-26-27-28-29-30-31-32-33-34-35-36-37-38-39-40-41-42-43-44-45-47-48-50-52-54-56-58-60-62-64-71(76)81-68-70(69-82-74(73(78)79)80-67-66-75(3,4)5)83-72(77)65-63-61-59-57-55-53-51-49-46-25-23-21-19-17-15-13-11-9-7-2/h9,11,15,17,21,23-24,26,46,49,53,55,70,74H,6-8,10,12-14,16,18-20,22,25,27-45,47-48,50-52,54,56-69H2,1-5H3/b11-9-,17-15-,23-21-,26-24-,49-46-,55-53-. The Kier molecular flexibility index (Phi) is 62.2. The molecule has 0 aromatic carbocycles. The minimum atomic E-state index is -1.63. The number of rotatable bonds is 65. The summed E-state index contributed by atoms with van der Waals surface area (Å²) in [4.78, 5) is 37.4. The van der Waals surface area contributed by atoms with Crippen molar-refractivity contribution in [3.05, 3.63) is 72.9 Å². The molecule has 0 radical (unpaired) electrons. The normalized spacial score (nSPS) is 13.1. The Morgan fingerprint density at radius 3 is 1.05 bits per heavy atom. The molecule has 2 unspecified atom stereocenters. The van der Waals surface area contributed by atoms with E-state index in [4.69, 9.17) is 18.9 Å². The molecule has 482 valence electrons. The van der Waals surface area contributed by atoms with Gasteiger partial charge in [-0.15, -0.1) is 0 Å². The molecule has 0 aromatic heterocycles. The maximum Gasteiger partial charge on any atom is 0.306 e. The van der Waals surface area contributed by atoms with Crippen molar-refractivity contribution in [2.45, 2.75) is 334 Å². The third-order valence-corrected chi connectivity index (χ3v) is 15.4. The largest absolute Gasteiger partial charge is 0.545 e. The Morgan fingerprint density at radius 2 is 0.687 bits per heavy atom.